The number of nitrogens with zero attached hydrogens (tertiary/aromatic N) is 1. The summed E-state index contributed by atoms with van der Waals surface area (Å²) in [6.45, 7) is 4.47. The maximum Gasteiger partial charge on any atom is 0.254 e. The van der Waals surface area contributed by atoms with E-state index >= 15 is 0 Å². The van der Waals surface area contributed by atoms with Gasteiger partial charge in [0.1, 0.15) is 5.76 Å². The molecule has 152 valence electrons. The summed E-state index contributed by atoms with van der Waals surface area (Å²) in [5.74, 6) is 0.380. The Bertz CT molecular complexity index is 1030. The van der Waals surface area contributed by atoms with Crippen LogP contribution in [0.2, 0.25) is 0 Å². The van der Waals surface area contributed by atoms with Crippen molar-refractivity contribution in [2.24, 2.45) is 0 Å². The van der Waals surface area contributed by atoms with E-state index in [4.69, 9.17) is 4.42 Å². The van der Waals surface area contributed by atoms with Gasteiger partial charge in [0, 0.05) is 18.2 Å². The van der Waals surface area contributed by atoms with E-state index in [1.807, 2.05) is 44.2 Å². The topological polar surface area (TPSA) is 79.6 Å². The van der Waals surface area contributed by atoms with E-state index in [9.17, 15) is 13.2 Å². The number of sulfonamides is 1. The molecule has 6 nitrogen and oxygen atoms in total. The largest absolute Gasteiger partial charge is 0.468 e. The van der Waals surface area contributed by atoms with E-state index in [0.717, 1.165) is 5.56 Å². The zero-order valence-corrected chi connectivity index (χ0v) is 17.2. The molecule has 1 heterocycles. The zero-order chi connectivity index (χ0) is 20.9. The number of hydrogen-bond donors (Lipinski definition) is 1. The molecule has 1 amide bonds. The van der Waals surface area contributed by atoms with Crippen molar-refractivity contribution in [2.45, 2.75) is 37.9 Å². The van der Waals surface area contributed by atoms with Crippen molar-refractivity contribution in [2.75, 3.05) is 0 Å². The fourth-order valence-electron chi connectivity index (χ4n) is 2.87. The first-order valence-corrected chi connectivity index (χ1v) is 10.8. The number of benzene rings is 2. The van der Waals surface area contributed by atoms with Crippen molar-refractivity contribution in [3.63, 3.8) is 0 Å². The Morgan fingerprint density at radius 1 is 1.00 bits per heavy atom. The molecule has 2 aromatic carbocycles. The highest BCUT2D eigenvalue weighted by Crippen LogP contribution is 2.16. The average molecular weight is 413 g/mol. The molecule has 0 spiro atoms. The number of nitrogens with one attached hydrogen (secondary N) is 1. The van der Waals surface area contributed by atoms with E-state index in [1.54, 1.807) is 29.2 Å². The summed E-state index contributed by atoms with van der Waals surface area (Å²) in [7, 11) is -3.70. The highest BCUT2D eigenvalue weighted by atomic mass is 32.2. The van der Waals surface area contributed by atoms with Crippen LogP contribution in [0, 0.1) is 0 Å². The summed E-state index contributed by atoms with van der Waals surface area (Å²) >= 11 is 0. The second-order valence-electron chi connectivity index (χ2n) is 6.94. The monoisotopic (exact) mass is 412 g/mol. The number of carbonyl (C=O) groups is 1. The number of hydrogen-bond acceptors (Lipinski definition) is 4. The summed E-state index contributed by atoms with van der Waals surface area (Å²) in [4.78, 5) is 14.8. The second kappa shape index (κ2) is 9.07. The minimum Gasteiger partial charge on any atom is -0.468 e. The molecule has 7 heteroatoms. The molecule has 0 atom stereocenters. The van der Waals surface area contributed by atoms with Crippen molar-refractivity contribution in [3.05, 3.63) is 89.9 Å². The third-order valence-electron chi connectivity index (χ3n) is 4.51. The van der Waals surface area contributed by atoms with E-state index in [2.05, 4.69) is 4.72 Å². The van der Waals surface area contributed by atoms with E-state index in [-0.39, 0.29) is 23.4 Å². The molecular formula is C22H24N2O4S. The molecule has 3 rings (SSSR count). The van der Waals surface area contributed by atoms with E-state index in [0.29, 0.717) is 17.9 Å². The first kappa shape index (κ1) is 20.8. The minimum absolute atomic E-state index is 0.000998. The standard InChI is InChI=1S/C22H24N2O4S/c1-17(2)24(16-18-7-4-3-5-8-18)22(25)19-10-12-21(13-11-19)29(26,27)23-15-20-9-6-14-28-20/h3-14,17,23H,15-16H2,1-2H3. The Balaban J connectivity index is 1.72. The highest BCUT2D eigenvalue weighted by molar-refractivity contribution is 7.89. The van der Waals surface area contributed by atoms with Crippen molar-refractivity contribution in [1.82, 2.24) is 9.62 Å². The molecule has 0 aliphatic rings. The molecule has 0 radical (unpaired) electrons. The summed E-state index contributed by atoms with van der Waals surface area (Å²) in [6, 6.07) is 19.1. The molecule has 0 unspecified atom stereocenters. The lowest BCUT2D eigenvalue weighted by atomic mass is 10.1. The van der Waals surface area contributed by atoms with Gasteiger partial charge < -0.3 is 9.32 Å². The van der Waals surface area contributed by atoms with Crippen molar-refractivity contribution < 1.29 is 17.6 Å². The smallest absolute Gasteiger partial charge is 0.254 e. The fraction of sp³-hybridized carbons (Fsp3) is 0.227. The number of furan rings is 1. The van der Waals surface area contributed by atoms with Gasteiger partial charge in [-0.25, -0.2) is 13.1 Å². The van der Waals surface area contributed by atoms with Crippen LogP contribution in [-0.2, 0) is 23.1 Å². The van der Waals surface area contributed by atoms with Gasteiger partial charge in [0.25, 0.3) is 5.91 Å². The lowest BCUT2D eigenvalue weighted by Crippen LogP contribution is -2.36. The summed E-state index contributed by atoms with van der Waals surface area (Å²) in [5, 5.41) is 0. The molecule has 0 aliphatic carbocycles. The SMILES string of the molecule is CC(C)N(Cc1ccccc1)C(=O)c1ccc(S(=O)(=O)NCc2ccco2)cc1. The highest BCUT2D eigenvalue weighted by Gasteiger charge is 2.20. The van der Waals surface area contributed by atoms with Crippen LogP contribution in [0.5, 0.6) is 0 Å². The van der Waals surface area contributed by atoms with Crippen LogP contribution in [0.15, 0.2) is 82.3 Å². The maximum absolute atomic E-state index is 13.0. The van der Waals surface area contributed by atoms with Gasteiger partial charge in [-0.3, -0.25) is 4.79 Å². The Hall–Kier alpha value is -2.90. The first-order valence-electron chi connectivity index (χ1n) is 9.34. The Morgan fingerprint density at radius 3 is 2.28 bits per heavy atom. The molecule has 0 aliphatic heterocycles. The third-order valence-corrected chi connectivity index (χ3v) is 5.93. The van der Waals surface area contributed by atoms with Crippen LogP contribution < -0.4 is 4.72 Å². The summed E-state index contributed by atoms with van der Waals surface area (Å²) in [6.07, 6.45) is 1.49. The molecular weight excluding hydrogens is 388 g/mol. The molecule has 0 bridgehead atoms. The molecule has 3 aromatic rings. The van der Waals surface area contributed by atoms with Crippen molar-refractivity contribution in [3.8, 4) is 0 Å². The minimum atomic E-state index is -3.70. The van der Waals surface area contributed by atoms with Crippen molar-refractivity contribution >= 4 is 15.9 Å². The van der Waals surface area contributed by atoms with Crippen LogP contribution >= 0.6 is 0 Å². The maximum atomic E-state index is 13.0. The zero-order valence-electron chi connectivity index (χ0n) is 16.4. The fourth-order valence-corrected chi connectivity index (χ4v) is 3.87. The number of rotatable bonds is 8. The van der Waals surface area contributed by atoms with Gasteiger partial charge in [-0.2, -0.15) is 0 Å². The lowest BCUT2D eigenvalue weighted by Gasteiger charge is -2.27. The van der Waals surface area contributed by atoms with Gasteiger partial charge in [0.2, 0.25) is 10.0 Å². The van der Waals surface area contributed by atoms with Gasteiger partial charge in [-0.05, 0) is 55.8 Å². The predicted octanol–water partition coefficient (Wildman–Crippen LogP) is 3.81. The molecule has 0 saturated carbocycles. The normalized spacial score (nSPS) is 11.6. The van der Waals surface area contributed by atoms with Gasteiger partial charge in [0.05, 0.1) is 17.7 Å². The van der Waals surface area contributed by atoms with Crippen LogP contribution in [-0.4, -0.2) is 25.3 Å². The Morgan fingerprint density at radius 2 is 1.69 bits per heavy atom. The quantitative estimate of drug-likeness (QED) is 0.610. The predicted molar refractivity (Wildman–Crippen MR) is 111 cm³/mol. The third kappa shape index (κ3) is 5.34. The van der Waals surface area contributed by atoms with Crippen LogP contribution in [0.25, 0.3) is 0 Å². The number of amides is 1. The van der Waals surface area contributed by atoms with Crippen LogP contribution in [0.4, 0.5) is 0 Å². The van der Waals surface area contributed by atoms with E-state index < -0.39 is 10.0 Å². The van der Waals surface area contributed by atoms with Crippen LogP contribution in [0.1, 0.15) is 35.5 Å². The molecule has 0 fully saturated rings. The molecule has 29 heavy (non-hydrogen) atoms. The first-order chi connectivity index (χ1) is 13.9. The average Bonchev–Trinajstić information content (AvgIpc) is 3.24. The Kier molecular flexibility index (Phi) is 6.51. The van der Waals surface area contributed by atoms with Gasteiger partial charge in [-0.1, -0.05) is 30.3 Å². The lowest BCUT2D eigenvalue weighted by molar-refractivity contribution is 0.0690. The number of carbonyl (C=O) groups excluding carboxylic acids is 1. The molecule has 1 N–H and O–H groups in total. The van der Waals surface area contributed by atoms with Gasteiger partial charge >= 0.3 is 0 Å². The summed E-state index contributed by atoms with van der Waals surface area (Å²) in [5.41, 5.74) is 1.48. The second-order valence-corrected chi connectivity index (χ2v) is 8.71. The van der Waals surface area contributed by atoms with E-state index in [1.165, 1.54) is 18.4 Å². The van der Waals surface area contributed by atoms with Crippen molar-refractivity contribution in [1.29, 1.82) is 0 Å². The van der Waals surface area contributed by atoms with Crippen LogP contribution in [0.3, 0.4) is 0 Å². The molecule has 0 saturated heterocycles. The Labute approximate surface area is 171 Å². The summed E-state index contributed by atoms with van der Waals surface area (Å²) < 4.78 is 32.5. The van der Waals surface area contributed by atoms with Gasteiger partial charge in [-0.15, -0.1) is 0 Å². The molecule has 1 aromatic heterocycles. The van der Waals surface area contributed by atoms with Gasteiger partial charge in [0.15, 0.2) is 0 Å².